The highest BCUT2D eigenvalue weighted by Gasteiger charge is 2.18. The molecule has 0 unspecified atom stereocenters. The molecule has 0 aliphatic rings. The van der Waals surface area contributed by atoms with Crippen molar-refractivity contribution >= 4 is 33.4 Å². The van der Waals surface area contributed by atoms with E-state index in [0.717, 1.165) is 0 Å². The van der Waals surface area contributed by atoms with Gasteiger partial charge in [0.1, 0.15) is 0 Å². The van der Waals surface area contributed by atoms with Crippen molar-refractivity contribution in [3.63, 3.8) is 0 Å². The van der Waals surface area contributed by atoms with E-state index in [1.807, 2.05) is 6.07 Å². The largest absolute Gasteiger partial charge is 0.383 e. The van der Waals surface area contributed by atoms with Gasteiger partial charge in [-0.3, -0.25) is 4.79 Å². The average molecular weight is 346 g/mol. The summed E-state index contributed by atoms with van der Waals surface area (Å²) in [6.45, 7) is 1.24. The molecule has 19 heavy (non-hydrogen) atoms. The molecule has 1 aromatic carbocycles. The predicted molar refractivity (Wildman–Crippen MR) is 77.2 cm³/mol. The Kier molecular flexibility index (Phi) is 6.85. The van der Waals surface area contributed by atoms with Gasteiger partial charge in [-0.1, -0.05) is 11.6 Å². The Hall–Kier alpha value is -1.09. The molecule has 102 valence electrons. The van der Waals surface area contributed by atoms with E-state index in [-0.39, 0.29) is 12.3 Å². The van der Waals surface area contributed by atoms with Crippen LogP contribution in [0.2, 0.25) is 5.02 Å². The molecule has 0 bridgehead atoms. The van der Waals surface area contributed by atoms with Crippen LogP contribution in [0.1, 0.15) is 16.8 Å². The lowest BCUT2D eigenvalue weighted by Gasteiger charge is -2.22. The Morgan fingerprint density at radius 1 is 1.53 bits per heavy atom. The molecule has 0 fully saturated rings. The van der Waals surface area contributed by atoms with Crippen LogP contribution in [0.15, 0.2) is 22.7 Å². The van der Waals surface area contributed by atoms with Crippen LogP contribution in [0.4, 0.5) is 0 Å². The second kappa shape index (κ2) is 8.16. The van der Waals surface area contributed by atoms with Crippen molar-refractivity contribution in [2.24, 2.45) is 0 Å². The molecule has 0 N–H and O–H groups in total. The predicted octanol–water partition coefficient (Wildman–Crippen LogP) is 3.10. The van der Waals surface area contributed by atoms with Gasteiger partial charge >= 0.3 is 0 Å². The maximum absolute atomic E-state index is 12.4. The van der Waals surface area contributed by atoms with Crippen molar-refractivity contribution in [3.05, 3.63) is 33.3 Å². The molecule has 6 heteroatoms. The fourth-order valence-electron chi connectivity index (χ4n) is 1.53. The zero-order valence-electron chi connectivity index (χ0n) is 10.5. The van der Waals surface area contributed by atoms with Gasteiger partial charge in [0.25, 0.3) is 5.91 Å². The number of carbonyl (C=O) groups is 1. The minimum Gasteiger partial charge on any atom is -0.383 e. The van der Waals surface area contributed by atoms with Crippen molar-refractivity contribution in [2.75, 3.05) is 26.8 Å². The Balaban J connectivity index is 2.91. The summed E-state index contributed by atoms with van der Waals surface area (Å²) in [7, 11) is 1.57. The summed E-state index contributed by atoms with van der Waals surface area (Å²) < 4.78 is 5.66. The molecule has 1 aromatic rings. The van der Waals surface area contributed by atoms with E-state index in [9.17, 15) is 4.79 Å². The Bertz CT molecular complexity index is 488. The standard InChI is InChI=1S/C13H14BrClN2O2/c1-19-8-7-17(6-2-5-16)13(18)11-9-10(15)3-4-12(11)14/h3-4,9H,2,6-8H2,1H3. The van der Waals surface area contributed by atoms with Gasteiger partial charge in [0.2, 0.25) is 0 Å². The lowest BCUT2D eigenvalue weighted by molar-refractivity contribution is 0.0699. The average Bonchev–Trinajstić information content (AvgIpc) is 2.41. The van der Waals surface area contributed by atoms with Crippen LogP contribution in [-0.4, -0.2) is 37.6 Å². The van der Waals surface area contributed by atoms with E-state index in [4.69, 9.17) is 21.6 Å². The van der Waals surface area contributed by atoms with Crippen LogP contribution >= 0.6 is 27.5 Å². The normalized spacial score (nSPS) is 10.0. The molecule has 0 spiro atoms. The van der Waals surface area contributed by atoms with Gasteiger partial charge in [-0.2, -0.15) is 5.26 Å². The second-order valence-electron chi connectivity index (χ2n) is 3.82. The van der Waals surface area contributed by atoms with Crippen molar-refractivity contribution < 1.29 is 9.53 Å². The molecule has 0 aliphatic carbocycles. The molecule has 1 rings (SSSR count). The van der Waals surface area contributed by atoms with Gasteiger partial charge in [0.15, 0.2) is 0 Å². The SMILES string of the molecule is COCCN(CCC#N)C(=O)c1cc(Cl)ccc1Br. The van der Waals surface area contributed by atoms with E-state index in [0.29, 0.717) is 34.8 Å². The third kappa shape index (κ3) is 4.83. The zero-order chi connectivity index (χ0) is 14.3. The summed E-state index contributed by atoms with van der Waals surface area (Å²) in [5, 5.41) is 9.14. The smallest absolute Gasteiger partial charge is 0.255 e. The number of hydrogen-bond donors (Lipinski definition) is 0. The molecule has 0 saturated heterocycles. The molecule has 0 saturated carbocycles. The maximum atomic E-state index is 12.4. The number of hydrogen-bond acceptors (Lipinski definition) is 3. The molecular formula is C13H14BrClN2O2. The summed E-state index contributed by atoms with van der Waals surface area (Å²) in [5.74, 6) is -0.165. The first-order valence-electron chi connectivity index (χ1n) is 5.70. The lowest BCUT2D eigenvalue weighted by Crippen LogP contribution is -2.34. The molecule has 0 atom stereocenters. The quantitative estimate of drug-likeness (QED) is 0.796. The first kappa shape index (κ1) is 16.0. The number of halogens is 2. The zero-order valence-corrected chi connectivity index (χ0v) is 12.9. The highest BCUT2D eigenvalue weighted by molar-refractivity contribution is 9.10. The molecule has 4 nitrogen and oxygen atoms in total. The Morgan fingerprint density at radius 2 is 2.26 bits per heavy atom. The molecule has 0 radical (unpaired) electrons. The Morgan fingerprint density at radius 3 is 2.89 bits per heavy atom. The number of amides is 1. The van der Waals surface area contributed by atoms with Crippen LogP contribution in [0.5, 0.6) is 0 Å². The second-order valence-corrected chi connectivity index (χ2v) is 5.11. The van der Waals surface area contributed by atoms with Crippen molar-refractivity contribution in [1.82, 2.24) is 4.90 Å². The van der Waals surface area contributed by atoms with Crippen LogP contribution in [0, 0.1) is 11.3 Å². The van der Waals surface area contributed by atoms with Gasteiger partial charge < -0.3 is 9.64 Å². The maximum Gasteiger partial charge on any atom is 0.255 e. The number of ether oxygens (including phenoxy) is 1. The third-order valence-electron chi connectivity index (χ3n) is 2.50. The summed E-state index contributed by atoms with van der Waals surface area (Å²) in [6.07, 6.45) is 0.285. The summed E-state index contributed by atoms with van der Waals surface area (Å²) in [6, 6.07) is 7.08. The van der Waals surface area contributed by atoms with Gasteiger partial charge in [0.05, 0.1) is 24.7 Å². The first-order valence-corrected chi connectivity index (χ1v) is 6.87. The summed E-state index contributed by atoms with van der Waals surface area (Å²) in [4.78, 5) is 14.0. The molecule has 1 amide bonds. The Labute approximate surface area is 126 Å². The molecule has 0 aromatic heterocycles. The number of methoxy groups -OCH3 is 1. The summed E-state index contributed by atoms with van der Waals surface area (Å²) in [5.41, 5.74) is 0.488. The number of benzene rings is 1. The molecule has 0 aliphatic heterocycles. The van der Waals surface area contributed by atoms with Crippen molar-refractivity contribution in [1.29, 1.82) is 5.26 Å². The van der Waals surface area contributed by atoms with E-state index in [1.165, 1.54) is 0 Å². The summed E-state index contributed by atoms with van der Waals surface area (Å²) >= 11 is 9.24. The van der Waals surface area contributed by atoms with Crippen LogP contribution < -0.4 is 0 Å². The fourth-order valence-corrected chi connectivity index (χ4v) is 2.12. The monoisotopic (exact) mass is 344 g/mol. The van der Waals surface area contributed by atoms with Gasteiger partial charge in [0, 0.05) is 29.7 Å². The van der Waals surface area contributed by atoms with Crippen molar-refractivity contribution in [2.45, 2.75) is 6.42 Å². The van der Waals surface area contributed by atoms with E-state index < -0.39 is 0 Å². The molecular weight excluding hydrogens is 332 g/mol. The number of nitriles is 1. The first-order chi connectivity index (χ1) is 9.10. The fraction of sp³-hybridized carbons (Fsp3) is 0.385. The van der Waals surface area contributed by atoms with Gasteiger partial charge in [-0.15, -0.1) is 0 Å². The van der Waals surface area contributed by atoms with Crippen LogP contribution in [0.25, 0.3) is 0 Å². The minimum absolute atomic E-state index is 0.165. The van der Waals surface area contributed by atoms with Gasteiger partial charge in [-0.25, -0.2) is 0 Å². The highest BCUT2D eigenvalue weighted by Crippen LogP contribution is 2.22. The molecule has 0 heterocycles. The number of nitrogens with zero attached hydrogens (tertiary/aromatic N) is 2. The highest BCUT2D eigenvalue weighted by atomic mass is 79.9. The topological polar surface area (TPSA) is 53.3 Å². The minimum atomic E-state index is -0.165. The van der Waals surface area contributed by atoms with Crippen LogP contribution in [0.3, 0.4) is 0 Å². The third-order valence-corrected chi connectivity index (χ3v) is 3.43. The number of rotatable bonds is 6. The van der Waals surface area contributed by atoms with Gasteiger partial charge in [-0.05, 0) is 34.1 Å². The van der Waals surface area contributed by atoms with Crippen LogP contribution in [-0.2, 0) is 4.74 Å². The number of carbonyl (C=O) groups excluding carboxylic acids is 1. The van der Waals surface area contributed by atoms with E-state index in [2.05, 4.69) is 15.9 Å². The van der Waals surface area contributed by atoms with Crippen molar-refractivity contribution in [3.8, 4) is 6.07 Å². The van der Waals surface area contributed by atoms with E-state index in [1.54, 1.807) is 30.2 Å². The lowest BCUT2D eigenvalue weighted by atomic mass is 10.2. The van der Waals surface area contributed by atoms with E-state index >= 15 is 0 Å².